The van der Waals surface area contributed by atoms with Gasteiger partial charge in [0.2, 0.25) is 0 Å². The van der Waals surface area contributed by atoms with Crippen molar-refractivity contribution in [1.82, 2.24) is 10.2 Å². The molecule has 0 saturated carbocycles. The number of unbranched alkanes of at least 4 members (excludes halogenated alkanes) is 3. The van der Waals surface area contributed by atoms with Gasteiger partial charge in [0, 0.05) is 13.2 Å². The molecule has 114 valence electrons. The van der Waals surface area contributed by atoms with E-state index < -0.39 is 0 Å². The van der Waals surface area contributed by atoms with Crippen molar-refractivity contribution in [2.45, 2.75) is 51.9 Å². The minimum atomic E-state index is 0.775. The SMILES string of the molecule is CCCNCCCCCCN(C)CC1CCCOC1. The van der Waals surface area contributed by atoms with Gasteiger partial charge in [0.25, 0.3) is 0 Å². The van der Waals surface area contributed by atoms with Crippen molar-refractivity contribution in [1.29, 1.82) is 0 Å². The van der Waals surface area contributed by atoms with Crippen LogP contribution in [0.1, 0.15) is 51.9 Å². The first-order valence-electron chi connectivity index (χ1n) is 8.30. The topological polar surface area (TPSA) is 24.5 Å². The zero-order valence-corrected chi connectivity index (χ0v) is 13.1. The summed E-state index contributed by atoms with van der Waals surface area (Å²) in [6.07, 6.45) is 9.28. The Balaban J connectivity index is 1.85. The van der Waals surface area contributed by atoms with Crippen LogP contribution < -0.4 is 5.32 Å². The van der Waals surface area contributed by atoms with Crippen LogP contribution in [0, 0.1) is 5.92 Å². The zero-order chi connectivity index (χ0) is 13.8. The Morgan fingerprint density at radius 3 is 2.74 bits per heavy atom. The van der Waals surface area contributed by atoms with Gasteiger partial charge in [-0.05, 0) is 64.7 Å². The Hall–Kier alpha value is -0.120. The van der Waals surface area contributed by atoms with E-state index in [1.54, 1.807) is 0 Å². The van der Waals surface area contributed by atoms with Crippen molar-refractivity contribution < 1.29 is 4.74 Å². The molecular weight excluding hydrogens is 236 g/mol. The lowest BCUT2D eigenvalue weighted by molar-refractivity contribution is 0.0419. The molecule has 3 heteroatoms. The van der Waals surface area contributed by atoms with E-state index in [-0.39, 0.29) is 0 Å². The minimum Gasteiger partial charge on any atom is -0.381 e. The van der Waals surface area contributed by atoms with Gasteiger partial charge in [0.1, 0.15) is 0 Å². The quantitative estimate of drug-likeness (QED) is 0.584. The van der Waals surface area contributed by atoms with Crippen molar-refractivity contribution in [3.8, 4) is 0 Å². The summed E-state index contributed by atoms with van der Waals surface area (Å²) in [5.41, 5.74) is 0. The lowest BCUT2D eigenvalue weighted by Gasteiger charge is -2.27. The van der Waals surface area contributed by atoms with Crippen LogP contribution >= 0.6 is 0 Å². The normalized spacial score (nSPS) is 20.1. The van der Waals surface area contributed by atoms with Gasteiger partial charge in [-0.3, -0.25) is 0 Å². The van der Waals surface area contributed by atoms with E-state index in [0.717, 1.165) is 19.1 Å². The predicted molar refractivity (Wildman–Crippen MR) is 82.7 cm³/mol. The molecule has 1 unspecified atom stereocenters. The molecule has 1 rings (SSSR count). The van der Waals surface area contributed by atoms with Crippen LogP contribution in [0.5, 0.6) is 0 Å². The van der Waals surface area contributed by atoms with Gasteiger partial charge < -0.3 is 15.0 Å². The van der Waals surface area contributed by atoms with Gasteiger partial charge in [-0.25, -0.2) is 0 Å². The summed E-state index contributed by atoms with van der Waals surface area (Å²) in [5.74, 6) is 0.775. The highest BCUT2D eigenvalue weighted by atomic mass is 16.5. The van der Waals surface area contributed by atoms with E-state index in [0.29, 0.717) is 0 Å². The molecule has 3 nitrogen and oxygen atoms in total. The number of nitrogens with one attached hydrogen (secondary N) is 1. The first kappa shape index (κ1) is 16.9. The van der Waals surface area contributed by atoms with E-state index >= 15 is 0 Å². The molecule has 1 saturated heterocycles. The van der Waals surface area contributed by atoms with Crippen LogP contribution in [-0.4, -0.2) is 51.3 Å². The molecule has 1 N–H and O–H groups in total. The molecule has 1 heterocycles. The zero-order valence-electron chi connectivity index (χ0n) is 13.1. The lowest BCUT2D eigenvalue weighted by Crippen LogP contribution is -2.31. The third-order valence-corrected chi connectivity index (χ3v) is 3.89. The lowest BCUT2D eigenvalue weighted by atomic mass is 10.0. The third kappa shape index (κ3) is 9.42. The Morgan fingerprint density at radius 2 is 2.00 bits per heavy atom. The molecule has 19 heavy (non-hydrogen) atoms. The van der Waals surface area contributed by atoms with Crippen molar-refractivity contribution in [2.75, 3.05) is 46.4 Å². The molecule has 0 bridgehead atoms. The number of nitrogens with zero attached hydrogens (tertiary/aromatic N) is 1. The van der Waals surface area contributed by atoms with Crippen molar-refractivity contribution in [3.63, 3.8) is 0 Å². The highest BCUT2D eigenvalue weighted by molar-refractivity contribution is 4.67. The van der Waals surface area contributed by atoms with Gasteiger partial charge in [-0.15, -0.1) is 0 Å². The second-order valence-electron chi connectivity index (χ2n) is 6.01. The van der Waals surface area contributed by atoms with E-state index in [2.05, 4.69) is 24.2 Å². The number of hydrogen-bond acceptors (Lipinski definition) is 3. The highest BCUT2D eigenvalue weighted by Crippen LogP contribution is 2.14. The van der Waals surface area contributed by atoms with Crippen molar-refractivity contribution in [3.05, 3.63) is 0 Å². The summed E-state index contributed by atoms with van der Waals surface area (Å²) in [6.45, 7) is 9.02. The van der Waals surface area contributed by atoms with Gasteiger partial charge in [-0.1, -0.05) is 19.8 Å². The van der Waals surface area contributed by atoms with E-state index in [9.17, 15) is 0 Å². The van der Waals surface area contributed by atoms with Gasteiger partial charge in [0.05, 0.1) is 6.61 Å². The first-order valence-corrected chi connectivity index (χ1v) is 8.30. The maximum Gasteiger partial charge on any atom is 0.0506 e. The Morgan fingerprint density at radius 1 is 1.16 bits per heavy atom. The average molecular weight is 270 g/mol. The Labute approximate surface area is 120 Å². The summed E-state index contributed by atoms with van der Waals surface area (Å²) in [7, 11) is 2.26. The van der Waals surface area contributed by atoms with Crippen LogP contribution in [0.15, 0.2) is 0 Å². The van der Waals surface area contributed by atoms with Crippen LogP contribution in [0.25, 0.3) is 0 Å². The molecule has 1 aliphatic rings. The fourth-order valence-electron chi connectivity index (χ4n) is 2.77. The fourth-order valence-corrected chi connectivity index (χ4v) is 2.77. The Kier molecular flexibility index (Phi) is 10.4. The fraction of sp³-hybridized carbons (Fsp3) is 1.00. The summed E-state index contributed by atoms with van der Waals surface area (Å²) < 4.78 is 5.54. The molecule has 0 spiro atoms. The highest BCUT2D eigenvalue weighted by Gasteiger charge is 2.15. The minimum absolute atomic E-state index is 0.775. The number of rotatable bonds is 11. The summed E-state index contributed by atoms with van der Waals surface area (Å²) in [4.78, 5) is 2.49. The van der Waals surface area contributed by atoms with E-state index in [1.807, 2.05) is 0 Å². The van der Waals surface area contributed by atoms with Gasteiger partial charge in [-0.2, -0.15) is 0 Å². The molecule has 0 aromatic carbocycles. The van der Waals surface area contributed by atoms with Crippen molar-refractivity contribution >= 4 is 0 Å². The van der Waals surface area contributed by atoms with Gasteiger partial charge in [0.15, 0.2) is 0 Å². The molecular formula is C16H34N2O. The predicted octanol–water partition coefficient (Wildman–Crippen LogP) is 2.90. The standard InChI is InChI=1S/C16H34N2O/c1-3-10-17-11-6-4-5-7-12-18(2)14-16-9-8-13-19-15-16/h16-17H,3-15H2,1-2H3. The number of ether oxygens (including phenoxy) is 1. The van der Waals surface area contributed by atoms with Crippen LogP contribution in [0.2, 0.25) is 0 Å². The smallest absolute Gasteiger partial charge is 0.0506 e. The first-order chi connectivity index (χ1) is 9.33. The third-order valence-electron chi connectivity index (χ3n) is 3.89. The summed E-state index contributed by atoms with van der Waals surface area (Å²) in [6, 6.07) is 0. The van der Waals surface area contributed by atoms with Crippen LogP contribution in [-0.2, 0) is 4.74 Å². The monoisotopic (exact) mass is 270 g/mol. The molecule has 1 aliphatic heterocycles. The van der Waals surface area contributed by atoms with E-state index in [1.165, 1.54) is 71.1 Å². The molecule has 0 aliphatic carbocycles. The van der Waals surface area contributed by atoms with Crippen LogP contribution in [0.3, 0.4) is 0 Å². The molecule has 0 amide bonds. The van der Waals surface area contributed by atoms with Crippen LogP contribution in [0.4, 0.5) is 0 Å². The molecule has 0 aromatic rings. The number of hydrogen-bond donors (Lipinski definition) is 1. The largest absolute Gasteiger partial charge is 0.381 e. The second kappa shape index (κ2) is 11.7. The van der Waals surface area contributed by atoms with E-state index in [4.69, 9.17) is 4.74 Å². The van der Waals surface area contributed by atoms with Crippen molar-refractivity contribution in [2.24, 2.45) is 5.92 Å². The summed E-state index contributed by atoms with van der Waals surface area (Å²) >= 11 is 0. The Bertz CT molecular complexity index is 193. The van der Waals surface area contributed by atoms with Gasteiger partial charge >= 0.3 is 0 Å². The maximum atomic E-state index is 5.54. The summed E-state index contributed by atoms with van der Waals surface area (Å²) in [5, 5.41) is 3.46. The molecule has 1 fully saturated rings. The average Bonchev–Trinajstić information content (AvgIpc) is 2.43. The molecule has 0 aromatic heterocycles. The maximum absolute atomic E-state index is 5.54. The molecule has 1 atom stereocenters. The second-order valence-corrected chi connectivity index (χ2v) is 6.01. The molecule has 0 radical (unpaired) electrons.